The van der Waals surface area contributed by atoms with Gasteiger partial charge in [0, 0.05) is 18.2 Å². The molecule has 13 nitrogen and oxygen atoms in total. The van der Waals surface area contributed by atoms with Crippen LogP contribution in [0.25, 0.3) is 10.8 Å². The number of hydrogen-bond donors (Lipinski definition) is 6. The predicted molar refractivity (Wildman–Crippen MR) is 216 cm³/mol. The number of aromatic nitrogens is 1. The van der Waals surface area contributed by atoms with Crippen molar-refractivity contribution in [2.24, 2.45) is 11.8 Å². The Kier molecular flexibility index (Phi) is 17.1. The standard InChI is InChI=1S/C42H55N5O8S/c1-6-27(4)37(22-48)44-39(50)21-38(49)34(18-26(2)3)45-41(52)36(20-31-24-56-25-43-31)46-40(51)35(19-30-12-9-11-29-10-7-8-13-33(29)30)47-42(53)55-23-28-14-16-32(54-5)17-15-28/h7-17,24-27,34-38,48-49H,6,18-23H2,1-5H3,(H,44,50)(H,45,52)(H,46,51)(H,47,53)/t27?,34?,35-,36-,37+,38?/m0/s1. The molecule has 302 valence electrons. The van der Waals surface area contributed by atoms with E-state index in [2.05, 4.69) is 26.3 Å². The maximum atomic E-state index is 14.2. The monoisotopic (exact) mass is 789 g/mol. The first kappa shape index (κ1) is 43.7. The molecule has 0 saturated heterocycles. The molecule has 0 fully saturated rings. The van der Waals surface area contributed by atoms with Crippen LogP contribution in [0.4, 0.5) is 4.79 Å². The molecule has 4 aromatic rings. The first-order valence-corrected chi connectivity index (χ1v) is 19.9. The molecule has 0 aliphatic heterocycles. The quantitative estimate of drug-likeness (QED) is 0.0697. The van der Waals surface area contributed by atoms with Gasteiger partial charge in [0.05, 0.1) is 49.5 Å². The van der Waals surface area contributed by atoms with E-state index in [1.165, 1.54) is 11.3 Å². The van der Waals surface area contributed by atoms with Crippen LogP contribution in [0.2, 0.25) is 0 Å². The van der Waals surface area contributed by atoms with Crippen molar-refractivity contribution < 1.29 is 38.9 Å². The maximum Gasteiger partial charge on any atom is 0.408 e. The lowest BCUT2D eigenvalue weighted by molar-refractivity contribution is -0.131. The molecule has 6 N–H and O–H groups in total. The number of hydrogen-bond acceptors (Lipinski definition) is 10. The van der Waals surface area contributed by atoms with E-state index >= 15 is 0 Å². The van der Waals surface area contributed by atoms with Crippen molar-refractivity contribution in [3.8, 4) is 5.75 Å². The summed E-state index contributed by atoms with van der Waals surface area (Å²) < 4.78 is 10.7. The van der Waals surface area contributed by atoms with E-state index in [1.807, 2.05) is 70.2 Å². The van der Waals surface area contributed by atoms with Gasteiger partial charge in [-0.05, 0) is 52.3 Å². The molecule has 0 radical (unpaired) electrons. The van der Waals surface area contributed by atoms with Crippen molar-refractivity contribution in [3.05, 3.63) is 94.4 Å². The molecule has 0 aliphatic carbocycles. The number of carbonyl (C=O) groups is 4. The van der Waals surface area contributed by atoms with E-state index in [0.717, 1.165) is 28.3 Å². The summed E-state index contributed by atoms with van der Waals surface area (Å²) in [5.74, 6) is -0.950. The van der Waals surface area contributed by atoms with Crippen LogP contribution in [0.15, 0.2) is 77.6 Å². The van der Waals surface area contributed by atoms with Crippen LogP contribution in [-0.2, 0) is 38.6 Å². The third-order valence-corrected chi connectivity index (χ3v) is 10.4. The van der Waals surface area contributed by atoms with Gasteiger partial charge in [-0.25, -0.2) is 9.78 Å². The lowest BCUT2D eigenvalue weighted by atomic mass is 9.95. The Balaban J connectivity index is 1.55. The van der Waals surface area contributed by atoms with Gasteiger partial charge in [0.1, 0.15) is 24.4 Å². The molecule has 0 aliphatic rings. The summed E-state index contributed by atoms with van der Waals surface area (Å²) in [4.78, 5) is 58.9. The Labute approximate surface area is 332 Å². The van der Waals surface area contributed by atoms with Gasteiger partial charge in [-0.1, -0.05) is 88.7 Å². The van der Waals surface area contributed by atoms with Crippen molar-refractivity contribution in [1.82, 2.24) is 26.3 Å². The molecule has 1 heterocycles. The van der Waals surface area contributed by atoms with Crippen LogP contribution in [-0.4, -0.2) is 83.0 Å². The third-order valence-electron chi connectivity index (χ3n) is 9.76. The number of thiazole rings is 1. The van der Waals surface area contributed by atoms with Crippen LogP contribution in [0.3, 0.4) is 0 Å². The molecule has 14 heteroatoms. The summed E-state index contributed by atoms with van der Waals surface area (Å²) in [7, 11) is 1.56. The Morgan fingerprint density at radius 2 is 1.54 bits per heavy atom. The Bertz CT molecular complexity index is 1850. The third kappa shape index (κ3) is 13.3. The van der Waals surface area contributed by atoms with Crippen LogP contribution in [0.1, 0.15) is 63.8 Å². The highest BCUT2D eigenvalue weighted by atomic mass is 32.1. The minimum absolute atomic E-state index is 0.0246. The number of alkyl carbamates (subject to hydrolysis) is 1. The molecule has 0 bridgehead atoms. The second-order valence-electron chi connectivity index (χ2n) is 14.5. The van der Waals surface area contributed by atoms with Gasteiger partial charge in [0.15, 0.2) is 0 Å². The minimum Gasteiger partial charge on any atom is -0.497 e. The largest absolute Gasteiger partial charge is 0.497 e. The number of nitrogens with zero attached hydrogens (tertiary/aromatic N) is 1. The molecular formula is C42H55N5O8S. The number of ether oxygens (including phenoxy) is 2. The molecule has 0 spiro atoms. The Morgan fingerprint density at radius 1 is 0.839 bits per heavy atom. The molecule has 0 saturated carbocycles. The fraction of sp³-hybridized carbons (Fsp3) is 0.452. The molecule has 56 heavy (non-hydrogen) atoms. The second kappa shape index (κ2) is 21.9. The average Bonchev–Trinajstić information content (AvgIpc) is 3.71. The fourth-order valence-corrected chi connectivity index (χ4v) is 6.91. The van der Waals surface area contributed by atoms with Gasteiger partial charge in [-0.2, -0.15) is 0 Å². The van der Waals surface area contributed by atoms with Crippen LogP contribution < -0.4 is 26.0 Å². The van der Waals surface area contributed by atoms with Crippen molar-refractivity contribution in [3.63, 3.8) is 0 Å². The van der Waals surface area contributed by atoms with Gasteiger partial charge in [0.2, 0.25) is 17.7 Å². The molecular weight excluding hydrogens is 735 g/mol. The zero-order valence-electron chi connectivity index (χ0n) is 32.7. The van der Waals surface area contributed by atoms with E-state index in [-0.39, 0.29) is 44.3 Å². The summed E-state index contributed by atoms with van der Waals surface area (Å²) in [5.41, 5.74) is 3.71. The number of rotatable bonds is 21. The summed E-state index contributed by atoms with van der Waals surface area (Å²) in [6, 6.07) is 16.9. The van der Waals surface area contributed by atoms with Crippen molar-refractivity contribution in [1.29, 1.82) is 0 Å². The van der Waals surface area contributed by atoms with Gasteiger partial charge in [0.25, 0.3) is 0 Å². The van der Waals surface area contributed by atoms with Crippen molar-refractivity contribution in [2.75, 3.05) is 13.7 Å². The van der Waals surface area contributed by atoms with Gasteiger partial charge < -0.3 is 41.0 Å². The SMILES string of the molecule is CCC(C)[C@@H](CO)NC(=O)CC(O)C(CC(C)C)NC(=O)[C@H](Cc1cscn1)NC(=O)[C@H](Cc1cccc2ccccc12)NC(=O)OCc1ccc(OC)cc1. The van der Waals surface area contributed by atoms with Crippen LogP contribution in [0, 0.1) is 11.8 Å². The average molecular weight is 790 g/mol. The predicted octanol–water partition coefficient (Wildman–Crippen LogP) is 4.68. The zero-order chi connectivity index (χ0) is 40.6. The number of fused-ring (bicyclic) bond motifs is 1. The number of amides is 4. The summed E-state index contributed by atoms with van der Waals surface area (Å²) in [5, 5.41) is 36.0. The molecule has 4 amide bonds. The first-order chi connectivity index (χ1) is 26.9. The highest BCUT2D eigenvalue weighted by Gasteiger charge is 2.32. The minimum atomic E-state index is -1.26. The molecule has 3 aromatic carbocycles. The lowest BCUT2D eigenvalue weighted by Gasteiger charge is -2.29. The summed E-state index contributed by atoms with van der Waals surface area (Å²) in [6.45, 7) is 7.45. The first-order valence-electron chi connectivity index (χ1n) is 19.0. The van der Waals surface area contributed by atoms with Gasteiger partial charge in [-0.15, -0.1) is 11.3 Å². The zero-order valence-corrected chi connectivity index (χ0v) is 33.5. The highest BCUT2D eigenvalue weighted by Crippen LogP contribution is 2.21. The molecule has 3 unspecified atom stereocenters. The smallest absolute Gasteiger partial charge is 0.408 e. The molecule has 4 rings (SSSR count). The number of aliphatic hydroxyl groups is 2. The number of methoxy groups -OCH3 is 1. The van der Waals surface area contributed by atoms with Gasteiger partial charge >= 0.3 is 6.09 Å². The van der Waals surface area contributed by atoms with Crippen LogP contribution in [0.5, 0.6) is 5.75 Å². The second-order valence-corrected chi connectivity index (χ2v) is 15.2. The number of aliphatic hydroxyl groups excluding tert-OH is 2. The van der Waals surface area contributed by atoms with E-state index in [9.17, 15) is 29.4 Å². The van der Waals surface area contributed by atoms with Gasteiger partial charge in [-0.3, -0.25) is 14.4 Å². The maximum absolute atomic E-state index is 14.2. The molecule has 1 aromatic heterocycles. The van der Waals surface area contributed by atoms with E-state index in [4.69, 9.17) is 9.47 Å². The van der Waals surface area contributed by atoms with Crippen molar-refractivity contribution >= 4 is 45.9 Å². The Morgan fingerprint density at radius 3 is 2.20 bits per heavy atom. The summed E-state index contributed by atoms with van der Waals surface area (Å²) >= 11 is 1.34. The van der Waals surface area contributed by atoms with E-state index in [1.54, 1.807) is 42.3 Å². The number of carbonyl (C=O) groups excluding carboxylic acids is 4. The number of benzene rings is 3. The van der Waals surface area contributed by atoms with E-state index < -0.39 is 54.1 Å². The number of nitrogens with one attached hydrogen (secondary N) is 4. The molecule has 6 atom stereocenters. The van der Waals surface area contributed by atoms with Crippen molar-refractivity contribution in [2.45, 2.75) is 96.7 Å². The summed E-state index contributed by atoms with van der Waals surface area (Å²) in [6.07, 6.45) is -1.17. The highest BCUT2D eigenvalue weighted by molar-refractivity contribution is 7.07. The van der Waals surface area contributed by atoms with Crippen LogP contribution >= 0.6 is 11.3 Å². The lowest BCUT2D eigenvalue weighted by Crippen LogP contribution is -2.57. The topological polar surface area (TPSA) is 188 Å². The normalized spacial score (nSPS) is 14.5. The fourth-order valence-electron chi connectivity index (χ4n) is 6.34. The van der Waals surface area contributed by atoms with E-state index in [0.29, 0.717) is 17.9 Å². The Hall–Kier alpha value is -5.05.